The number of nitrogens with zero attached hydrogens (tertiary/aromatic N) is 4. The van der Waals surface area contributed by atoms with E-state index in [1.165, 1.54) is 11.7 Å². The predicted molar refractivity (Wildman–Crippen MR) is 68.2 cm³/mol. The van der Waals surface area contributed by atoms with E-state index in [0.29, 0.717) is 18.1 Å². The zero-order chi connectivity index (χ0) is 13.9. The Balaban J connectivity index is 2.53. The van der Waals surface area contributed by atoms with Crippen molar-refractivity contribution in [1.29, 1.82) is 0 Å². The van der Waals surface area contributed by atoms with E-state index in [9.17, 15) is 8.42 Å². The van der Waals surface area contributed by atoms with Crippen LogP contribution in [-0.4, -0.2) is 41.9 Å². The van der Waals surface area contributed by atoms with Gasteiger partial charge < -0.3 is 4.74 Å². The van der Waals surface area contributed by atoms with Gasteiger partial charge in [0.05, 0.1) is 13.2 Å². The quantitative estimate of drug-likeness (QED) is 0.763. The van der Waals surface area contributed by atoms with Crippen LogP contribution in [0.2, 0.25) is 0 Å². The molecule has 0 aliphatic carbocycles. The van der Waals surface area contributed by atoms with Crippen LogP contribution in [0.1, 0.15) is 0 Å². The summed E-state index contributed by atoms with van der Waals surface area (Å²) in [6, 6.07) is 5.23. The van der Waals surface area contributed by atoms with Gasteiger partial charge in [-0.05, 0) is 12.1 Å². The lowest BCUT2D eigenvalue weighted by Crippen LogP contribution is -2.11. The molecule has 0 aliphatic rings. The molecule has 9 heteroatoms. The molecule has 0 N–H and O–H groups in total. The van der Waals surface area contributed by atoms with Gasteiger partial charge in [-0.3, -0.25) is 9.55 Å². The summed E-state index contributed by atoms with van der Waals surface area (Å²) >= 11 is 0. The van der Waals surface area contributed by atoms with Gasteiger partial charge in [0.1, 0.15) is 5.69 Å². The molecule has 2 heterocycles. The third kappa shape index (κ3) is 3.09. The van der Waals surface area contributed by atoms with Crippen LogP contribution in [0.3, 0.4) is 0 Å². The van der Waals surface area contributed by atoms with Crippen molar-refractivity contribution in [2.24, 2.45) is 0 Å². The Kier molecular flexibility index (Phi) is 4.13. The fraction of sp³-hybridized carbons (Fsp3) is 0.300. The highest BCUT2D eigenvalue weighted by atomic mass is 35.7. The topological polar surface area (TPSA) is 87.0 Å². The molecule has 0 bridgehead atoms. The first-order chi connectivity index (χ1) is 9.04. The number of pyridine rings is 1. The SMILES string of the molecule is COCCn1c(-c2ccccn2)nnc1S(=O)(=O)Cl. The molecule has 0 spiro atoms. The number of ether oxygens (including phenoxy) is 1. The van der Waals surface area contributed by atoms with Gasteiger partial charge in [0.15, 0.2) is 5.82 Å². The zero-order valence-corrected chi connectivity index (χ0v) is 11.6. The molecule has 0 fully saturated rings. The first-order valence-electron chi connectivity index (χ1n) is 5.32. The van der Waals surface area contributed by atoms with Crippen molar-refractivity contribution >= 4 is 19.7 Å². The van der Waals surface area contributed by atoms with Crippen LogP contribution in [0.25, 0.3) is 11.5 Å². The summed E-state index contributed by atoms with van der Waals surface area (Å²) in [5.74, 6) is 0.330. The van der Waals surface area contributed by atoms with Gasteiger partial charge in [-0.15, -0.1) is 10.2 Å². The Bertz CT molecular complexity index is 657. The van der Waals surface area contributed by atoms with Gasteiger partial charge in [-0.1, -0.05) is 6.07 Å². The Morgan fingerprint density at radius 2 is 2.16 bits per heavy atom. The van der Waals surface area contributed by atoms with Crippen molar-refractivity contribution in [3.63, 3.8) is 0 Å². The summed E-state index contributed by atoms with van der Waals surface area (Å²) in [5.41, 5.74) is 0.512. The maximum Gasteiger partial charge on any atom is 0.296 e. The maximum atomic E-state index is 11.4. The van der Waals surface area contributed by atoms with Gasteiger partial charge in [0.25, 0.3) is 14.2 Å². The highest BCUT2D eigenvalue weighted by molar-refractivity contribution is 8.13. The molecule has 2 aromatic heterocycles. The number of rotatable bonds is 5. The number of hydrogen-bond acceptors (Lipinski definition) is 6. The van der Waals surface area contributed by atoms with Crippen molar-refractivity contribution in [2.45, 2.75) is 11.7 Å². The van der Waals surface area contributed by atoms with E-state index in [0.717, 1.165) is 0 Å². The van der Waals surface area contributed by atoms with Gasteiger partial charge >= 0.3 is 0 Å². The molecule has 19 heavy (non-hydrogen) atoms. The van der Waals surface area contributed by atoms with Crippen molar-refractivity contribution in [2.75, 3.05) is 13.7 Å². The fourth-order valence-corrected chi connectivity index (χ4v) is 2.46. The molecule has 2 rings (SSSR count). The van der Waals surface area contributed by atoms with E-state index in [1.54, 1.807) is 24.4 Å². The van der Waals surface area contributed by atoms with Crippen LogP contribution >= 0.6 is 10.7 Å². The summed E-state index contributed by atoms with van der Waals surface area (Å²) in [6.45, 7) is 0.563. The largest absolute Gasteiger partial charge is 0.383 e. The Morgan fingerprint density at radius 1 is 1.37 bits per heavy atom. The van der Waals surface area contributed by atoms with E-state index < -0.39 is 9.05 Å². The average molecular weight is 303 g/mol. The Hall–Kier alpha value is -1.51. The van der Waals surface area contributed by atoms with Crippen LogP contribution in [0, 0.1) is 0 Å². The number of aromatic nitrogens is 4. The Morgan fingerprint density at radius 3 is 2.74 bits per heavy atom. The lowest BCUT2D eigenvalue weighted by molar-refractivity contribution is 0.185. The lowest BCUT2D eigenvalue weighted by Gasteiger charge is -2.07. The van der Waals surface area contributed by atoms with Crippen molar-refractivity contribution in [1.82, 2.24) is 19.7 Å². The Labute approximate surface area is 114 Å². The first kappa shape index (κ1) is 13.9. The van der Waals surface area contributed by atoms with Gasteiger partial charge in [0, 0.05) is 24.0 Å². The summed E-state index contributed by atoms with van der Waals surface area (Å²) in [5, 5.41) is 7.14. The monoisotopic (exact) mass is 302 g/mol. The standard InChI is InChI=1S/C10H11ClN4O3S/c1-18-7-6-15-9(8-4-2-3-5-12-8)13-14-10(15)19(11,16)17/h2-5H,6-7H2,1H3. The first-order valence-corrected chi connectivity index (χ1v) is 7.63. The second-order valence-electron chi connectivity index (χ2n) is 3.60. The number of halogens is 1. The zero-order valence-electron chi connectivity index (χ0n) is 10.0. The smallest absolute Gasteiger partial charge is 0.296 e. The summed E-state index contributed by atoms with van der Waals surface area (Å²) in [4.78, 5) is 4.11. The minimum atomic E-state index is -3.97. The second kappa shape index (κ2) is 5.64. The molecule has 0 saturated carbocycles. The van der Waals surface area contributed by atoms with Gasteiger partial charge in [-0.2, -0.15) is 0 Å². The molecular formula is C10H11ClN4O3S. The average Bonchev–Trinajstić information content (AvgIpc) is 2.81. The van der Waals surface area contributed by atoms with Crippen LogP contribution < -0.4 is 0 Å². The van der Waals surface area contributed by atoms with Crippen LogP contribution in [0.4, 0.5) is 0 Å². The molecule has 0 aromatic carbocycles. The summed E-state index contributed by atoms with van der Waals surface area (Å²) in [6.07, 6.45) is 1.58. The molecule has 0 amide bonds. The molecule has 0 saturated heterocycles. The summed E-state index contributed by atoms with van der Waals surface area (Å²) < 4.78 is 29.2. The molecule has 0 atom stereocenters. The van der Waals surface area contributed by atoms with E-state index in [1.807, 2.05) is 0 Å². The van der Waals surface area contributed by atoms with E-state index in [-0.39, 0.29) is 11.7 Å². The van der Waals surface area contributed by atoms with Crippen LogP contribution in [-0.2, 0) is 20.3 Å². The third-order valence-corrected chi connectivity index (χ3v) is 3.50. The van der Waals surface area contributed by atoms with Gasteiger partial charge in [-0.25, -0.2) is 8.42 Å². The number of methoxy groups -OCH3 is 1. The van der Waals surface area contributed by atoms with Crippen molar-refractivity contribution in [3.8, 4) is 11.5 Å². The lowest BCUT2D eigenvalue weighted by atomic mass is 10.3. The van der Waals surface area contributed by atoms with Crippen molar-refractivity contribution < 1.29 is 13.2 Å². The van der Waals surface area contributed by atoms with Crippen LogP contribution in [0.5, 0.6) is 0 Å². The molecule has 102 valence electrons. The molecule has 7 nitrogen and oxygen atoms in total. The highest BCUT2D eigenvalue weighted by Crippen LogP contribution is 2.20. The van der Waals surface area contributed by atoms with E-state index in [4.69, 9.17) is 15.4 Å². The molecule has 0 radical (unpaired) electrons. The maximum absolute atomic E-state index is 11.4. The minimum Gasteiger partial charge on any atom is -0.383 e. The molecule has 2 aromatic rings. The highest BCUT2D eigenvalue weighted by Gasteiger charge is 2.23. The second-order valence-corrected chi connectivity index (χ2v) is 6.06. The van der Waals surface area contributed by atoms with Gasteiger partial charge in [0.2, 0.25) is 0 Å². The third-order valence-electron chi connectivity index (χ3n) is 2.35. The predicted octanol–water partition coefficient (Wildman–Crippen LogP) is 0.914. The number of hydrogen-bond donors (Lipinski definition) is 0. The molecule has 0 unspecified atom stereocenters. The fourth-order valence-electron chi connectivity index (χ4n) is 1.54. The minimum absolute atomic E-state index is 0.261. The normalized spacial score (nSPS) is 11.7. The van der Waals surface area contributed by atoms with Crippen molar-refractivity contribution in [3.05, 3.63) is 24.4 Å². The summed E-state index contributed by atoms with van der Waals surface area (Å²) in [7, 11) is 2.87. The van der Waals surface area contributed by atoms with E-state index >= 15 is 0 Å². The molecular weight excluding hydrogens is 292 g/mol. The van der Waals surface area contributed by atoms with E-state index in [2.05, 4.69) is 15.2 Å². The molecule has 0 aliphatic heterocycles. The van der Waals surface area contributed by atoms with Crippen LogP contribution in [0.15, 0.2) is 29.6 Å².